The highest BCUT2D eigenvalue weighted by Crippen LogP contribution is 2.15. The van der Waals surface area contributed by atoms with Gasteiger partial charge >= 0.3 is 11.7 Å². The van der Waals surface area contributed by atoms with E-state index in [1.807, 2.05) is 18.2 Å². The second-order valence-electron chi connectivity index (χ2n) is 5.54. The molecule has 1 aromatic heterocycles. The van der Waals surface area contributed by atoms with Crippen LogP contribution in [0.4, 0.5) is 10.5 Å². The van der Waals surface area contributed by atoms with Gasteiger partial charge in [0.15, 0.2) is 0 Å². The van der Waals surface area contributed by atoms with Gasteiger partial charge in [0, 0.05) is 31.4 Å². The zero-order valence-electron chi connectivity index (χ0n) is 13.3. The third kappa shape index (κ3) is 3.14. The van der Waals surface area contributed by atoms with Crippen molar-refractivity contribution in [1.29, 1.82) is 0 Å². The first-order chi connectivity index (χ1) is 11.5. The number of aryl methyl sites for hydroxylation is 2. The number of nitrogens with zero attached hydrogens (tertiary/aromatic N) is 2. The van der Waals surface area contributed by atoms with Crippen LogP contribution in [-0.2, 0) is 20.6 Å². The topological polar surface area (TPSA) is 68.1 Å². The van der Waals surface area contributed by atoms with Gasteiger partial charge in [0.2, 0.25) is 0 Å². The number of urea groups is 1. The number of imidazole rings is 1. The molecule has 0 fully saturated rings. The van der Waals surface area contributed by atoms with E-state index in [-0.39, 0.29) is 11.7 Å². The van der Waals surface area contributed by atoms with E-state index >= 15 is 0 Å². The summed E-state index contributed by atoms with van der Waals surface area (Å²) in [6.07, 6.45) is 0. The van der Waals surface area contributed by atoms with E-state index in [1.165, 1.54) is 0 Å². The summed E-state index contributed by atoms with van der Waals surface area (Å²) in [5.41, 5.74) is 3.19. The van der Waals surface area contributed by atoms with Crippen molar-refractivity contribution >= 4 is 34.4 Å². The SMILES string of the molecule is Cn1c(=O)n(C)c2cc(CNC(=O)Nc3ccc(Cl)cc3)ccc21. The summed E-state index contributed by atoms with van der Waals surface area (Å²) in [7, 11) is 3.47. The van der Waals surface area contributed by atoms with Gasteiger partial charge in [0.05, 0.1) is 11.0 Å². The van der Waals surface area contributed by atoms with Crippen molar-refractivity contribution < 1.29 is 4.79 Å². The molecule has 3 aromatic rings. The second-order valence-corrected chi connectivity index (χ2v) is 5.97. The summed E-state index contributed by atoms with van der Waals surface area (Å²) < 4.78 is 3.19. The Morgan fingerprint density at radius 2 is 1.71 bits per heavy atom. The van der Waals surface area contributed by atoms with Gasteiger partial charge in [-0.1, -0.05) is 17.7 Å². The lowest BCUT2D eigenvalue weighted by atomic mass is 10.2. The highest BCUT2D eigenvalue weighted by molar-refractivity contribution is 6.30. The Morgan fingerprint density at radius 1 is 1.04 bits per heavy atom. The molecule has 0 saturated heterocycles. The molecule has 0 unspecified atom stereocenters. The minimum absolute atomic E-state index is 0.0735. The van der Waals surface area contributed by atoms with Crippen LogP contribution in [0.25, 0.3) is 11.0 Å². The molecule has 2 N–H and O–H groups in total. The van der Waals surface area contributed by atoms with Crippen LogP contribution in [0.3, 0.4) is 0 Å². The van der Waals surface area contributed by atoms with Crippen molar-refractivity contribution in [1.82, 2.24) is 14.5 Å². The van der Waals surface area contributed by atoms with Crippen molar-refractivity contribution in [2.75, 3.05) is 5.32 Å². The number of amides is 2. The number of hydrogen-bond acceptors (Lipinski definition) is 2. The van der Waals surface area contributed by atoms with Crippen molar-refractivity contribution in [3.63, 3.8) is 0 Å². The molecule has 0 aliphatic heterocycles. The third-order valence-electron chi connectivity index (χ3n) is 3.89. The molecule has 24 heavy (non-hydrogen) atoms. The van der Waals surface area contributed by atoms with Gasteiger partial charge in [-0.25, -0.2) is 9.59 Å². The van der Waals surface area contributed by atoms with Crippen LogP contribution in [0.2, 0.25) is 5.02 Å². The fraction of sp³-hybridized carbons (Fsp3) is 0.176. The molecule has 2 aromatic carbocycles. The summed E-state index contributed by atoms with van der Waals surface area (Å²) in [6, 6.07) is 12.2. The molecule has 2 amide bonds. The monoisotopic (exact) mass is 344 g/mol. The maximum Gasteiger partial charge on any atom is 0.328 e. The molecule has 0 spiro atoms. The Labute approximate surface area is 143 Å². The molecule has 7 heteroatoms. The van der Waals surface area contributed by atoms with Crippen LogP contribution in [0.15, 0.2) is 47.3 Å². The Kier molecular flexibility index (Phi) is 4.31. The van der Waals surface area contributed by atoms with Crippen molar-refractivity contribution in [2.24, 2.45) is 14.1 Å². The van der Waals surface area contributed by atoms with Gasteiger partial charge in [-0.05, 0) is 42.0 Å². The maximum atomic E-state index is 11.9. The van der Waals surface area contributed by atoms with Crippen LogP contribution < -0.4 is 16.3 Å². The quantitative estimate of drug-likeness (QED) is 0.767. The second kappa shape index (κ2) is 6.41. The van der Waals surface area contributed by atoms with Crippen LogP contribution in [-0.4, -0.2) is 15.2 Å². The first-order valence-electron chi connectivity index (χ1n) is 7.40. The highest BCUT2D eigenvalue weighted by atomic mass is 35.5. The molecule has 3 rings (SSSR count). The molecule has 0 aliphatic rings. The lowest BCUT2D eigenvalue weighted by Gasteiger charge is -2.08. The number of hydrogen-bond donors (Lipinski definition) is 2. The number of halogens is 1. The van der Waals surface area contributed by atoms with Gasteiger partial charge < -0.3 is 10.6 Å². The summed E-state index contributed by atoms with van der Waals surface area (Å²) in [4.78, 5) is 23.9. The number of benzene rings is 2. The van der Waals surface area contributed by atoms with E-state index in [1.54, 1.807) is 47.5 Å². The van der Waals surface area contributed by atoms with E-state index in [4.69, 9.17) is 11.6 Å². The van der Waals surface area contributed by atoms with Crippen molar-refractivity contribution in [3.05, 3.63) is 63.5 Å². The molecule has 0 aliphatic carbocycles. The largest absolute Gasteiger partial charge is 0.334 e. The summed E-state index contributed by atoms with van der Waals surface area (Å²) >= 11 is 5.81. The molecule has 0 bridgehead atoms. The van der Waals surface area contributed by atoms with Crippen molar-refractivity contribution in [3.8, 4) is 0 Å². The molecule has 0 radical (unpaired) electrons. The predicted octanol–water partition coefficient (Wildman–Crippen LogP) is 2.85. The van der Waals surface area contributed by atoms with E-state index in [0.717, 1.165) is 16.6 Å². The van der Waals surface area contributed by atoms with Gasteiger partial charge in [-0.2, -0.15) is 0 Å². The molecular weight excluding hydrogens is 328 g/mol. The minimum atomic E-state index is -0.306. The Balaban J connectivity index is 1.69. The maximum absolute atomic E-state index is 11.9. The number of carbonyl (C=O) groups is 1. The zero-order valence-corrected chi connectivity index (χ0v) is 14.1. The number of carbonyl (C=O) groups excluding carboxylic acids is 1. The predicted molar refractivity (Wildman–Crippen MR) is 95.5 cm³/mol. The first kappa shape index (κ1) is 16.1. The van der Waals surface area contributed by atoms with E-state index < -0.39 is 0 Å². The summed E-state index contributed by atoms with van der Waals surface area (Å²) in [6.45, 7) is 0.360. The van der Waals surface area contributed by atoms with Crippen LogP contribution in [0.1, 0.15) is 5.56 Å². The van der Waals surface area contributed by atoms with Gasteiger partial charge in [0.25, 0.3) is 0 Å². The Morgan fingerprint density at radius 3 is 2.42 bits per heavy atom. The van der Waals surface area contributed by atoms with E-state index in [0.29, 0.717) is 17.3 Å². The standard InChI is InChI=1S/C17H17ClN4O2/c1-21-14-8-3-11(9-15(14)22(2)17(21)24)10-19-16(23)20-13-6-4-12(18)5-7-13/h3-9H,10H2,1-2H3,(H2,19,20,23). The van der Waals surface area contributed by atoms with Gasteiger partial charge in [-0.3, -0.25) is 9.13 Å². The Hall–Kier alpha value is -2.73. The number of anilines is 1. The number of fused-ring (bicyclic) bond motifs is 1. The first-order valence-corrected chi connectivity index (χ1v) is 7.78. The van der Waals surface area contributed by atoms with Crippen LogP contribution in [0, 0.1) is 0 Å². The zero-order chi connectivity index (χ0) is 17.3. The molecular formula is C17H17ClN4O2. The number of rotatable bonds is 3. The molecule has 6 nitrogen and oxygen atoms in total. The van der Waals surface area contributed by atoms with Gasteiger partial charge in [0.1, 0.15) is 0 Å². The summed E-state index contributed by atoms with van der Waals surface area (Å²) in [5.74, 6) is 0. The lowest BCUT2D eigenvalue weighted by Crippen LogP contribution is -2.28. The average Bonchev–Trinajstić information content (AvgIpc) is 2.79. The smallest absolute Gasteiger partial charge is 0.328 e. The minimum Gasteiger partial charge on any atom is -0.334 e. The molecule has 0 saturated carbocycles. The van der Waals surface area contributed by atoms with Gasteiger partial charge in [-0.15, -0.1) is 0 Å². The fourth-order valence-electron chi connectivity index (χ4n) is 2.55. The Bertz CT molecular complexity index is 957. The van der Waals surface area contributed by atoms with Crippen LogP contribution in [0.5, 0.6) is 0 Å². The van der Waals surface area contributed by atoms with E-state index in [2.05, 4.69) is 10.6 Å². The number of aromatic nitrogens is 2. The fourth-order valence-corrected chi connectivity index (χ4v) is 2.68. The molecule has 0 atom stereocenters. The normalized spacial score (nSPS) is 10.8. The third-order valence-corrected chi connectivity index (χ3v) is 4.14. The molecule has 1 heterocycles. The van der Waals surface area contributed by atoms with E-state index in [9.17, 15) is 9.59 Å². The van der Waals surface area contributed by atoms with Crippen LogP contribution >= 0.6 is 11.6 Å². The number of nitrogens with one attached hydrogen (secondary N) is 2. The highest BCUT2D eigenvalue weighted by Gasteiger charge is 2.08. The lowest BCUT2D eigenvalue weighted by molar-refractivity contribution is 0.251. The van der Waals surface area contributed by atoms with Crippen molar-refractivity contribution in [2.45, 2.75) is 6.54 Å². The molecule has 124 valence electrons. The average molecular weight is 345 g/mol. The summed E-state index contributed by atoms with van der Waals surface area (Å²) in [5, 5.41) is 6.14.